The number of carbonyl (C=O) groups excluding carboxylic acids is 1. The Hall–Kier alpha value is -3.15. The summed E-state index contributed by atoms with van der Waals surface area (Å²) in [6.07, 6.45) is 9.53. The van der Waals surface area contributed by atoms with E-state index in [-0.39, 0.29) is 11.9 Å². The molecular weight excluding hydrogens is 350 g/mol. The van der Waals surface area contributed by atoms with Crippen LogP contribution in [0.5, 0.6) is 0 Å². The van der Waals surface area contributed by atoms with Crippen LogP contribution in [0.4, 0.5) is 10.5 Å². The van der Waals surface area contributed by atoms with E-state index in [1.807, 2.05) is 79.2 Å². The molecule has 0 spiro atoms. The van der Waals surface area contributed by atoms with Gasteiger partial charge in [0, 0.05) is 63.1 Å². The summed E-state index contributed by atoms with van der Waals surface area (Å²) in [4.78, 5) is 25.4. The number of hydrogen-bond acceptors (Lipinski definition) is 3. The molecule has 6 nitrogen and oxygen atoms in total. The number of likely N-dealkylation sites (tertiary alicyclic amines) is 1. The molecule has 3 aromatic rings. The fraction of sp³-hybridized carbons (Fsp3) is 0.318. The van der Waals surface area contributed by atoms with Gasteiger partial charge >= 0.3 is 6.03 Å². The molecule has 1 fully saturated rings. The maximum absolute atomic E-state index is 13.0. The van der Waals surface area contributed by atoms with E-state index in [1.54, 1.807) is 4.90 Å². The number of amides is 2. The highest BCUT2D eigenvalue weighted by Gasteiger charge is 2.29. The summed E-state index contributed by atoms with van der Waals surface area (Å²) in [7, 11) is 1.84. The molecule has 1 aliphatic heterocycles. The first-order chi connectivity index (χ1) is 13.7. The van der Waals surface area contributed by atoms with Crippen molar-refractivity contribution < 1.29 is 4.79 Å². The average molecular weight is 375 g/mol. The lowest BCUT2D eigenvalue weighted by Crippen LogP contribution is -2.46. The van der Waals surface area contributed by atoms with Crippen molar-refractivity contribution in [2.75, 3.05) is 25.0 Å². The van der Waals surface area contributed by atoms with Crippen LogP contribution >= 0.6 is 0 Å². The summed E-state index contributed by atoms with van der Waals surface area (Å²) in [5.41, 5.74) is 2.11. The van der Waals surface area contributed by atoms with Crippen LogP contribution in [-0.2, 0) is 6.54 Å². The maximum Gasteiger partial charge on any atom is 0.324 e. The van der Waals surface area contributed by atoms with Gasteiger partial charge in [-0.15, -0.1) is 0 Å². The van der Waals surface area contributed by atoms with Gasteiger partial charge in [0.25, 0.3) is 0 Å². The minimum absolute atomic E-state index is 0.0446. The van der Waals surface area contributed by atoms with Gasteiger partial charge in [0.05, 0.1) is 0 Å². The van der Waals surface area contributed by atoms with Gasteiger partial charge in [0.2, 0.25) is 0 Å². The first-order valence-corrected chi connectivity index (χ1v) is 9.70. The SMILES string of the molecule is CN(C(=O)N1CCC[C@@H](c2nccn2Cc2ccncc2)C1)c1ccccc1. The summed E-state index contributed by atoms with van der Waals surface area (Å²) in [5.74, 6) is 1.30. The fourth-order valence-electron chi connectivity index (χ4n) is 3.84. The van der Waals surface area contributed by atoms with E-state index in [1.165, 1.54) is 5.56 Å². The molecule has 0 N–H and O–H groups in total. The second kappa shape index (κ2) is 8.25. The zero-order valence-corrected chi connectivity index (χ0v) is 16.1. The normalized spacial score (nSPS) is 16.8. The van der Waals surface area contributed by atoms with E-state index in [4.69, 9.17) is 0 Å². The van der Waals surface area contributed by atoms with Crippen LogP contribution in [0.2, 0.25) is 0 Å². The Morgan fingerprint density at radius 1 is 1.14 bits per heavy atom. The summed E-state index contributed by atoms with van der Waals surface area (Å²) < 4.78 is 2.19. The molecule has 28 heavy (non-hydrogen) atoms. The molecule has 0 aliphatic carbocycles. The molecule has 0 saturated carbocycles. The third kappa shape index (κ3) is 3.91. The molecule has 0 unspecified atom stereocenters. The predicted octanol–water partition coefficient (Wildman–Crippen LogP) is 3.76. The highest BCUT2D eigenvalue weighted by Crippen LogP contribution is 2.27. The van der Waals surface area contributed by atoms with E-state index < -0.39 is 0 Å². The summed E-state index contributed by atoms with van der Waals surface area (Å²) in [6.45, 7) is 2.26. The maximum atomic E-state index is 13.0. The number of para-hydroxylation sites is 1. The minimum Gasteiger partial charge on any atom is -0.330 e. The van der Waals surface area contributed by atoms with Gasteiger partial charge in [0.15, 0.2) is 0 Å². The van der Waals surface area contributed by atoms with E-state index in [9.17, 15) is 4.79 Å². The second-order valence-corrected chi connectivity index (χ2v) is 7.23. The quantitative estimate of drug-likeness (QED) is 0.698. The Morgan fingerprint density at radius 3 is 2.71 bits per heavy atom. The minimum atomic E-state index is 0.0446. The number of carbonyl (C=O) groups is 1. The van der Waals surface area contributed by atoms with Crippen LogP contribution in [0.25, 0.3) is 0 Å². The van der Waals surface area contributed by atoms with Gasteiger partial charge in [0.1, 0.15) is 5.82 Å². The molecule has 4 rings (SSSR count). The molecule has 1 saturated heterocycles. The topological polar surface area (TPSA) is 54.3 Å². The Balaban J connectivity index is 1.47. The Bertz CT molecular complexity index is 909. The summed E-state index contributed by atoms with van der Waals surface area (Å²) in [6, 6.07) is 13.9. The summed E-state index contributed by atoms with van der Waals surface area (Å²) in [5, 5.41) is 0. The molecule has 144 valence electrons. The van der Waals surface area contributed by atoms with E-state index in [0.717, 1.165) is 37.4 Å². The molecule has 2 aromatic heterocycles. The predicted molar refractivity (Wildman–Crippen MR) is 109 cm³/mol. The van der Waals surface area contributed by atoms with Crippen molar-refractivity contribution in [1.82, 2.24) is 19.4 Å². The van der Waals surface area contributed by atoms with Crippen LogP contribution in [0.15, 0.2) is 67.3 Å². The third-order valence-electron chi connectivity index (χ3n) is 5.34. The van der Waals surface area contributed by atoms with Gasteiger partial charge in [-0.1, -0.05) is 18.2 Å². The second-order valence-electron chi connectivity index (χ2n) is 7.23. The zero-order valence-electron chi connectivity index (χ0n) is 16.1. The zero-order chi connectivity index (χ0) is 19.3. The highest BCUT2D eigenvalue weighted by molar-refractivity contribution is 5.91. The monoisotopic (exact) mass is 375 g/mol. The lowest BCUT2D eigenvalue weighted by atomic mass is 9.97. The first kappa shape index (κ1) is 18.2. The Morgan fingerprint density at radius 2 is 1.93 bits per heavy atom. The molecule has 6 heteroatoms. The van der Waals surface area contributed by atoms with E-state index in [2.05, 4.69) is 14.5 Å². The van der Waals surface area contributed by atoms with Gasteiger partial charge < -0.3 is 9.47 Å². The molecule has 0 bridgehead atoms. The first-order valence-electron chi connectivity index (χ1n) is 9.70. The summed E-state index contributed by atoms with van der Waals surface area (Å²) >= 11 is 0. The average Bonchev–Trinajstić information content (AvgIpc) is 3.22. The van der Waals surface area contributed by atoms with Gasteiger partial charge in [-0.3, -0.25) is 9.88 Å². The highest BCUT2D eigenvalue weighted by atomic mass is 16.2. The standard InChI is InChI=1S/C22H25N5O/c1-25(20-7-3-2-4-8-20)22(28)27-14-5-6-19(17-27)21-24-13-15-26(21)16-18-9-11-23-12-10-18/h2-4,7-13,15,19H,5-6,14,16-17H2,1H3/t19-/m1/s1. The number of imidazole rings is 1. The largest absolute Gasteiger partial charge is 0.330 e. The molecule has 1 aromatic carbocycles. The van der Waals surface area contributed by atoms with Crippen LogP contribution in [0, 0.1) is 0 Å². The third-order valence-corrected chi connectivity index (χ3v) is 5.34. The number of anilines is 1. The number of rotatable bonds is 4. The number of pyridine rings is 1. The van der Waals surface area contributed by atoms with Crippen molar-refractivity contribution in [3.8, 4) is 0 Å². The molecule has 1 atom stereocenters. The van der Waals surface area contributed by atoms with Crippen molar-refractivity contribution in [3.05, 3.63) is 78.6 Å². The molecular formula is C22H25N5O. The van der Waals surface area contributed by atoms with Crippen molar-refractivity contribution in [1.29, 1.82) is 0 Å². The van der Waals surface area contributed by atoms with E-state index >= 15 is 0 Å². The number of urea groups is 1. The van der Waals surface area contributed by atoms with Gasteiger partial charge in [-0.2, -0.15) is 0 Å². The van der Waals surface area contributed by atoms with Crippen molar-refractivity contribution in [2.45, 2.75) is 25.3 Å². The van der Waals surface area contributed by atoms with Crippen LogP contribution < -0.4 is 4.90 Å². The number of aromatic nitrogens is 3. The Labute approximate surface area is 165 Å². The molecule has 0 radical (unpaired) electrons. The van der Waals surface area contributed by atoms with Crippen LogP contribution in [-0.4, -0.2) is 45.6 Å². The smallest absolute Gasteiger partial charge is 0.324 e. The fourth-order valence-corrected chi connectivity index (χ4v) is 3.84. The van der Waals surface area contributed by atoms with Crippen LogP contribution in [0.3, 0.4) is 0 Å². The lowest BCUT2D eigenvalue weighted by Gasteiger charge is -2.35. The number of nitrogens with zero attached hydrogens (tertiary/aromatic N) is 5. The molecule has 1 aliphatic rings. The Kier molecular flexibility index (Phi) is 5.37. The number of benzene rings is 1. The van der Waals surface area contributed by atoms with Crippen molar-refractivity contribution in [2.24, 2.45) is 0 Å². The number of hydrogen-bond donors (Lipinski definition) is 0. The molecule has 2 amide bonds. The van der Waals surface area contributed by atoms with Gasteiger partial charge in [-0.05, 0) is 42.7 Å². The van der Waals surface area contributed by atoms with Gasteiger partial charge in [-0.25, -0.2) is 9.78 Å². The van der Waals surface area contributed by atoms with Crippen molar-refractivity contribution >= 4 is 11.7 Å². The molecule has 3 heterocycles. The van der Waals surface area contributed by atoms with Crippen LogP contribution in [0.1, 0.15) is 30.1 Å². The van der Waals surface area contributed by atoms with Crippen molar-refractivity contribution in [3.63, 3.8) is 0 Å². The van der Waals surface area contributed by atoms with E-state index in [0.29, 0.717) is 6.54 Å². The lowest BCUT2D eigenvalue weighted by molar-refractivity contribution is 0.185. The number of piperidine rings is 1.